The van der Waals surface area contributed by atoms with Crippen molar-refractivity contribution < 1.29 is 19.0 Å². The minimum absolute atomic E-state index is 0.101. The summed E-state index contributed by atoms with van der Waals surface area (Å²) in [6.07, 6.45) is 3.50. The molecule has 2 amide bonds. The lowest BCUT2D eigenvalue weighted by atomic mass is 10.0. The first-order valence-electron chi connectivity index (χ1n) is 8.25. The summed E-state index contributed by atoms with van der Waals surface area (Å²) in [4.78, 5) is 41.2. The number of nitrogens with two attached hydrogens (primary N) is 2. The fraction of sp³-hybridized carbons (Fsp3) is 0.235. The maximum Gasteiger partial charge on any atom is 0.283 e. The van der Waals surface area contributed by atoms with Crippen molar-refractivity contribution in [1.29, 1.82) is 0 Å². The Balaban J connectivity index is 1.65. The standard InChI is InChI=1S/C17H15N5O3S3/c18-11(23)5-21-3-1-8(2-4-21)10-7-27-14(20-10)9-6-28-16-12(19)15(24)22(16)13(9)17(25)26/h1-4,7,12,16H,5-6,19H2,(H2-,18,23,25,26)/t12-,16-/m1/s1. The number of pyridine rings is 1. The maximum absolute atomic E-state index is 12.1. The van der Waals surface area contributed by atoms with Crippen molar-refractivity contribution in [2.75, 3.05) is 5.75 Å². The average Bonchev–Trinajstić information content (AvgIpc) is 3.16. The van der Waals surface area contributed by atoms with Gasteiger partial charge in [-0.3, -0.25) is 14.5 Å². The van der Waals surface area contributed by atoms with E-state index in [0.717, 1.165) is 11.3 Å². The number of aromatic nitrogens is 2. The molecule has 1 saturated heterocycles. The van der Waals surface area contributed by atoms with E-state index in [4.69, 9.17) is 24.1 Å². The summed E-state index contributed by atoms with van der Waals surface area (Å²) in [6.45, 7) is 0.101. The number of hydrogen-bond donors (Lipinski definition) is 2. The number of nitrogens with zero attached hydrogens (tertiary/aromatic N) is 3. The van der Waals surface area contributed by atoms with Crippen molar-refractivity contribution in [2.24, 2.45) is 11.5 Å². The van der Waals surface area contributed by atoms with Crippen LogP contribution in [0, 0.1) is 0 Å². The molecule has 28 heavy (non-hydrogen) atoms. The van der Waals surface area contributed by atoms with Crippen LogP contribution in [0.4, 0.5) is 0 Å². The molecule has 2 aromatic rings. The Labute approximate surface area is 174 Å². The minimum Gasteiger partial charge on any atom is -0.735 e. The molecule has 0 aliphatic carbocycles. The third kappa shape index (κ3) is 3.20. The zero-order valence-electron chi connectivity index (χ0n) is 14.4. The molecule has 2 atom stereocenters. The number of thioether (sulfide) groups is 1. The van der Waals surface area contributed by atoms with Crippen LogP contribution in [0.15, 0.2) is 35.6 Å². The lowest BCUT2D eigenvalue weighted by molar-refractivity contribution is -0.684. The number of thiazole rings is 1. The molecule has 144 valence electrons. The second-order valence-electron chi connectivity index (χ2n) is 6.31. The number of rotatable bonds is 5. The molecule has 4 N–H and O–H groups in total. The molecule has 4 rings (SSSR count). The van der Waals surface area contributed by atoms with Crippen molar-refractivity contribution in [1.82, 2.24) is 9.88 Å². The highest BCUT2D eigenvalue weighted by molar-refractivity contribution is 8.00. The second kappa shape index (κ2) is 7.24. The molecule has 0 unspecified atom stereocenters. The van der Waals surface area contributed by atoms with Crippen molar-refractivity contribution in [2.45, 2.75) is 18.0 Å². The molecule has 2 aliphatic rings. The summed E-state index contributed by atoms with van der Waals surface area (Å²) in [5.41, 5.74) is 13.5. The molecular formula is C17H15N5O3S3. The van der Waals surface area contributed by atoms with Crippen molar-refractivity contribution >= 4 is 58.2 Å². The smallest absolute Gasteiger partial charge is 0.283 e. The van der Waals surface area contributed by atoms with E-state index < -0.39 is 17.1 Å². The topological polar surface area (TPSA) is 123 Å². The Kier molecular flexibility index (Phi) is 4.91. The summed E-state index contributed by atoms with van der Waals surface area (Å²) in [5, 5.41) is 1.70. The Morgan fingerprint density at radius 2 is 2.07 bits per heavy atom. The van der Waals surface area contributed by atoms with Crippen LogP contribution in [-0.2, 0) is 33.6 Å². The predicted octanol–water partition coefficient (Wildman–Crippen LogP) is -0.390. The molecule has 1 fully saturated rings. The van der Waals surface area contributed by atoms with Crippen LogP contribution in [0.2, 0.25) is 0 Å². The summed E-state index contributed by atoms with van der Waals surface area (Å²) in [5.74, 6) is -0.197. The van der Waals surface area contributed by atoms with Gasteiger partial charge in [-0.2, -0.15) is 4.57 Å². The number of fused-ring (bicyclic) bond motifs is 1. The maximum atomic E-state index is 12.1. The minimum atomic E-state index is -0.598. The third-order valence-electron chi connectivity index (χ3n) is 4.49. The molecule has 0 spiro atoms. The van der Waals surface area contributed by atoms with E-state index in [1.807, 2.05) is 17.5 Å². The number of carbonyl (C=O) groups is 3. The molecule has 0 bridgehead atoms. The Morgan fingerprint density at radius 3 is 2.71 bits per heavy atom. The van der Waals surface area contributed by atoms with Crippen molar-refractivity contribution in [3.63, 3.8) is 0 Å². The predicted molar refractivity (Wildman–Crippen MR) is 107 cm³/mol. The van der Waals surface area contributed by atoms with Gasteiger partial charge >= 0.3 is 0 Å². The molecule has 2 aromatic heterocycles. The molecule has 4 heterocycles. The number of primary amides is 1. The molecule has 0 radical (unpaired) electrons. The zero-order valence-corrected chi connectivity index (χ0v) is 16.9. The Hall–Kier alpha value is -2.34. The summed E-state index contributed by atoms with van der Waals surface area (Å²) in [6, 6.07) is 3.07. The van der Waals surface area contributed by atoms with Gasteiger partial charge in [0, 0.05) is 34.4 Å². The first-order valence-corrected chi connectivity index (χ1v) is 10.6. The number of β-lactam (4-membered cyclic amide) rings is 1. The van der Waals surface area contributed by atoms with E-state index in [1.165, 1.54) is 28.0 Å². The SMILES string of the molecule is NC(=O)C[n+]1ccc(-c2csc(C3=C(C(=O)[S-])N4C(=O)[C@@H](N)[C@H]4SC3)n2)cc1. The molecule has 8 nitrogen and oxygen atoms in total. The molecule has 0 saturated carbocycles. The molecular weight excluding hydrogens is 418 g/mol. The fourth-order valence-corrected chi connectivity index (χ4v) is 5.61. The van der Waals surface area contributed by atoms with Gasteiger partial charge in [0.1, 0.15) is 16.4 Å². The van der Waals surface area contributed by atoms with Crippen LogP contribution < -0.4 is 16.0 Å². The van der Waals surface area contributed by atoms with Crippen LogP contribution in [0.1, 0.15) is 5.01 Å². The molecule has 2 aliphatic heterocycles. The summed E-state index contributed by atoms with van der Waals surface area (Å²) in [7, 11) is 0. The number of amides is 2. The molecule has 11 heteroatoms. The summed E-state index contributed by atoms with van der Waals surface area (Å²) < 4.78 is 1.67. The van der Waals surface area contributed by atoms with Crippen molar-refractivity contribution in [3.05, 3.63) is 40.6 Å². The number of hydrogen-bond acceptors (Lipinski definition) is 8. The quantitative estimate of drug-likeness (QED) is 0.374. The van der Waals surface area contributed by atoms with Gasteiger partial charge < -0.3 is 28.9 Å². The van der Waals surface area contributed by atoms with Gasteiger partial charge in [0.2, 0.25) is 12.5 Å². The normalized spacial score (nSPS) is 21.3. The second-order valence-corrected chi connectivity index (χ2v) is 8.65. The monoisotopic (exact) mass is 433 g/mol. The highest BCUT2D eigenvalue weighted by Crippen LogP contribution is 2.43. The van der Waals surface area contributed by atoms with Crippen LogP contribution in [-0.4, -0.2) is 44.0 Å². The number of carbonyl (C=O) groups excluding carboxylic acids is 3. The van der Waals surface area contributed by atoms with E-state index in [-0.39, 0.29) is 23.5 Å². The highest BCUT2D eigenvalue weighted by Gasteiger charge is 2.50. The first kappa shape index (κ1) is 19.0. The van der Waals surface area contributed by atoms with Crippen LogP contribution in [0.3, 0.4) is 0 Å². The Bertz CT molecular complexity index is 1020. The van der Waals surface area contributed by atoms with Crippen LogP contribution in [0.25, 0.3) is 16.8 Å². The largest absolute Gasteiger partial charge is 0.735 e. The van der Waals surface area contributed by atoms with Gasteiger partial charge in [-0.25, -0.2) is 4.98 Å². The lowest BCUT2D eigenvalue weighted by Gasteiger charge is -2.49. The van der Waals surface area contributed by atoms with Crippen LogP contribution in [0.5, 0.6) is 0 Å². The van der Waals surface area contributed by atoms with E-state index in [2.05, 4.69) is 4.98 Å². The van der Waals surface area contributed by atoms with Gasteiger partial charge in [-0.05, 0) is 0 Å². The first-order chi connectivity index (χ1) is 13.4. The van der Waals surface area contributed by atoms with Gasteiger partial charge in [-0.15, -0.1) is 23.1 Å². The van der Waals surface area contributed by atoms with Gasteiger partial charge in [0.25, 0.3) is 5.91 Å². The van der Waals surface area contributed by atoms with E-state index in [0.29, 0.717) is 16.3 Å². The molecule has 0 aromatic carbocycles. The zero-order chi connectivity index (χ0) is 20.0. The van der Waals surface area contributed by atoms with Gasteiger partial charge in [0.15, 0.2) is 12.4 Å². The van der Waals surface area contributed by atoms with E-state index in [9.17, 15) is 14.4 Å². The lowest BCUT2D eigenvalue weighted by Crippen LogP contribution is -2.68. The van der Waals surface area contributed by atoms with Gasteiger partial charge in [-0.1, -0.05) is 0 Å². The third-order valence-corrected chi connectivity index (χ3v) is 6.89. The Morgan fingerprint density at radius 1 is 1.36 bits per heavy atom. The van der Waals surface area contributed by atoms with E-state index in [1.54, 1.807) is 17.0 Å². The van der Waals surface area contributed by atoms with Crippen LogP contribution >= 0.6 is 23.1 Å². The summed E-state index contributed by atoms with van der Waals surface area (Å²) >= 11 is 7.77. The highest BCUT2D eigenvalue weighted by atomic mass is 32.2. The van der Waals surface area contributed by atoms with E-state index >= 15 is 0 Å². The average molecular weight is 434 g/mol. The van der Waals surface area contributed by atoms with Crippen molar-refractivity contribution in [3.8, 4) is 11.3 Å². The van der Waals surface area contributed by atoms with Gasteiger partial charge in [0.05, 0.1) is 16.5 Å². The fourth-order valence-electron chi connectivity index (χ4n) is 3.13.